The Morgan fingerprint density at radius 3 is 2.64 bits per heavy atom. The molecule has 0 fully saturated rings. The fourth-order valence-electron chi connectivity index (χ4n) is 0.595. The van der Waals surface area contributed by atoms with Gasteiger partial charge in [-0.25, -0.2) is 0 Å². The van der Waals surface area contributed by atoms with E-state index in [1.54, 1.807) is 20.3 Å². The second kappa shape index (κ2) is 4.85. The zero-order chi connectivity index (χ0) is 8.85. The molecule has 4 nitrogen and oxygen atoms in total. The molecule has 0 rings (SSSR count). The topological polar surface area (TPSA) is 63.4 Å². The summed E-state index contributed by atoms with van der Waals surface area (Å²) < 4.78 is 0. The van der Waals surface area contributed by atoms with Gasteiger partial charge in [-0.3, -0.25) is 9.59 Å². The van der Waals surface area contributed by atoms with Crippen molar-refractivity contribution in [2.45, 2.75) is 19.4 Å². The second-order valence-electron chi connectivity index (χ2n) is 2.34. The maximum absolute atomic E-state index is 11.0. The number of nitrogens with zero attached hydrogens (tertiary/aromatic N) is 1. The molecule has 0 aliphatic rings. The number of hydrogen-bond donors (Lipinski definition) is 1. The van der Waals surface area contributed by atoms with Crippen molar-refractivity contribution in [3.05, 3.63) is 0 Å². The van der Waals surface area contributed by atoms with Crippen LogP contribution < -0.4 is 5.73 Å². The van der Waals surface area contributed by atoms with Gasteiger partial charge in [0, 0.05) is 20.0 Å². The first-order valence-electron chi connectivity index (χ1n) is 3.47. The molecule has 0 bridgehead atoms. The van der Waals surface area contributed by atoms with Crippen molar-refractivity contribution in [2.75, 3.05) is 13.6 Å². The number of carbonyl (C=O) groups is 1. The number of likely N-dealkylation sites (N-methyl/N-ethyl adjacent to an activating group) is 1. The highest BCUT2D eigenvalue weighted by molar-refractivity contribution is 5.79. The molecule has 63 valence electrons. The summed E-state index contributed by atoms with van der Waals surface area (Å²) in [6, 6.07) is -0.478. The summed E-state index contributed by atoms with van der Waals surface area (Å²) in [5.74, 6) is -0.122. The lowest BCUT2D eigenvalue weighted by atomic mass is 10.3. The zero-order valence-corrected chi connectivity index (χ0v) is 6.83. The fraction of sp³-hybridized carbons (Fsp3) is 0.714. The lowest BCUT2D eigenvalue weighted by Crippen LogP contribution is -2.36. The van der Waals surface area contributed by atoms with Gasteiger partial charge < -0.3 is 10.6 Å². The monoisotopic (exact) mass is 157 g/mol. The van der Waals surface area contributed by atoms with Crippen LogP contribution in [0.3, 0.4) is 0 Å². The Morgan fingerprint density at radius 1 is 1.73 bits per heavy atom. The summed E-state index contributed by atoms with van der Waals surface area (Å²) in [6.45, 7) is 1.93. The summed E-state index contributed by atoms with van der Waals surface area (Å²) in [5, 5.41) is 0. The van der Waals surface area contributed by atoms with Gasteiger partial charge in [-0.05, 0) is 6.92 Å². The van der Waals surface area contributed by atoms with Crippen LogP contribution in [-0.4, -0.2) is 36.7 Å². The van der Waals surface area contributed by atoms with E-state index in [0.717, 1.165) is 0 Å². The average molecular weight is 157 g/mol. The van der Waals surface area contributed by atoms with E-state index in [1.165, 1.54) is 4.90 Å². The molecule has 1 atom stereocenters. The Morgan fingerprint density at radius 2 is 2.27 bits per heavy atom. The minimum Gasteiger partial charge on any atom is -0.335 e. The molecule has 11 heavy (non-hydrogen) atoms. The van der Waals surface area contributed by atoms with Crippen LogP contribution in [0.15, 0.2) is 0 Å². The Bertz CT molecular complexity index is 147. The molecule has 0 aromatic heterocycles. The van der Waals surface area contributed by atoms with Crippen molar-refractivity contribution in [1.29, 1.82) is 0 Å². The maximum Gasteiger partial charge on any atom is 0.224 e. The molecule has 0 unspecified atom stereocenters. The normalized spacial score (nSPS) is 12.3. The van der Waals surface area contributed by atoms with E-state index in [9.17, 15) is 9.59 Å². The van der Waals surface area contributed by atoms with E-state index >= 15 is 0 Å². The van der Waals surface area contributed by atoms with Gasteiger partial charge in [0.1, 0.15) is 0 Å². The Labute approximate surface area is 66.4 Å². The Kier molecular flexibility index (Phi) is 4.45. The molecule has 0 spiro atoms. The molecule has 0 aliphatic heterocycles. The van der Waals surface area contributed by atoms with Crippen molar-refractivity contribution in [3.8, 4) is 0 Å². The van der Waals surface area contributed by atoms with Gasteiger partial charge in [0.2, 0.25) is 12.2 Å². The van der Waals surface area contributed by atoms with Crippen LogP contribution in [0, 0.1) is 0 Å². The highest BCUT2D eigenvalue weighted by Crippen LogP contribution is 1.94. The molecule has 0 aromatic carbocycles. The second-order valence-corrected chi connectivity index (χ2v) is 2.34. The molecule has 2 N–H and O–H groups in total. The Balaban J connectivity index is 3.90. The van der Waals surface area contributed by atoms with Crippen molar-refractivity contribution in [3.63, 3.8) is 0 Å². The molecular weight excluding hydrogens is 144 g/mol. The van der Waals surface area contributed by atoms with Crippen molar-refractivity contribution in [2.24, 2.45) is 5.73 Å². The molecule has 0 aliphatic carbocycles. The van der Waals surface area contributed by atoms with E-state index in [4.69, 9.17) is 5.73 Å². The van der Waals surface area contributed by atoms with E-state index in [2.05, 4.69) is 0 Å². The average Bonchev–Trinajstić information content (AvgIpc) is 2.02. The SMILES string of the molecule is C[C@@H]([C]=O)N(C)C(=O)CCN. The molecule has 1 amide bonds. The highest BCUT2D eigenvalue weighted by atomic mass is 16.2. The largest absolute Gasteiger partial charge is 0.335 e. The van der Waals surface area contributed by atoms with E-state index in [0.29, 0.717) is 6.54 Å². The van der Waals surface area contributed by atoms with Crippen molar-refractivity contribution in [1.82, 2.24) is 4.90 Å². The molecule has 0 saturated heterocycles. The predicted molar refractivity (Wildman–Crippen MR) is 41.6 cm³/mol. The predicted octanol–water partition coefficient (Wildman–Crippen LogP) is -0.708. The number of amides is 1. The first kappa shape index (κ1) is 10.1. The van der Waals surface area contributed by atoms with Crippen LogP contribution >= 0.6 is 0 Å². The van der Waals surface area contributed by atoms with Gasteiger partial charge in [0.15, 0.2) is 0 Å². The first-order chi connectivity index (χ1) is 5.13. The van der Waals surface area contributed by atoms with Crippen molar-refractivity contribution < 1.29 is 9.59 Å². The third-order valence-electron chi connectivity index (χ3n) is 1.50. The number of carbonyl (C=O) groups excluding carboxylic acids is 2. The lowest BCUT2D eigenvalue weighted by Gasteiger charge is -2.18. The van der Waals surface area contributed by atoms with Crippen LogP contribution in [0.1, 0.15) is 13.3 Å². The van der Waals surface area contributed by atoms with Gasteiger partial charge >= 0.3 is 0 Å². The third kappa shape index (κ3) is 3.13. The minimum atomic E-state index is -0.478. The number of nitrogens with two attached hydrogens (primary N) is 1. The summed E-state index contributed by atoms with van der Waals surface area (Å²) in [6.07, 6.45) is 2.00. The molecule has 4 heteroatoms. The molecule has 0 saturated carbocycles. The van der Waals surface area contributed by atoms with Gasteiger partial charge in [-0.1, -0.05) is 0 Å². The van der Waals surface area contributed by atoms with Gasteiger partial charge in [0.25, 0.3) is 0 Å². The molecule has 0 aromatic rings. The van der Waals surface area contributed by atoms with Crippen LogP contribution in [0.2, 0.25) is 0 Å². The number of rotatable bonds is 4. The number of hydrogen-bond acceptors (Lipinski definition) is 3. The van der Waals surface area contributed by atoms with Crippen LogP contribution in [0.4, 0.5) is 0 Å². The molecular formula is C7H13N2O2. The minimum absolute atomic E-state index is 0.122. The van der Waals surface area contributed by atoms with E-state index in [1.807, 2.05) is 0 Å². The standard InChI is InChI=1S/C7H13N2O2/c1-6(5-10)9(2)7(11)3-4-8/h6H,3-4,8H2,1-2H3/t6-/m0/s1. The quantitative estimate of drug-likeness (QED) is 0.586. The first-order valence-corrected chi connectivity index (χ1v) is 3.47. The van der Waals surface area contributed by atoms with Crippen LogP contribution in [0.25, 0.3) is 0 Å². The zero-order valence-electron chi connectivity index (χ0n) is 6.83. The van der Waals surface area contributed by atoms with Gasteiger partial charge in [0.05, 0.1) is 6.04 Å². The van der Waals surface area contributed by atoms with Gasteiger partial charge in [-0.15, -0.1) is 0 Å². The molecule has 1 radical (unpaired) electrons. The summed E-state index contributed by atoms with van der Waals surface area (Å²) in [7, 11) is 1.56. The van der Waals surface area contributed by atoms with Crippen LogP contribution in [-0.2, 0) is 9.59 Å². The third-order valence-corrected chi connectivity index (χ3v) is 1.50. The highest BCUT2D eigenvalue weighted by Gasteiger charge is 2.13. The van der Waals surface area contributed by atoms with E-state index in [-0.39, 0.29) is 12.3 Å². The summed E-state index contributed by atoms with van der Waals surface area (Å²) >= 11 is 0. The maximum atomic E-state index is 11.0. The van der Waals surface area contributed by atoms with Crippen molar-refractivity contribution >= 4 is 12.2 Å². The fourth-order valence-corrected chi connectivity index (χ4v) is 0.595. The summed E-state index contributed by atoms with van der Waals surface area (Å²) in [5.41, 5.74) is 5.16. The Hall–Kier alpha value is -0.900. The molecule has 0 heterocycles. The summed E-state index contributed by atoms with van der Waals surface area (Å²) in [4.78, 5) is 22.4. The van der Waals surface area contributed by atoms with Crippen LogP contribution in [0.5, 0.6) is 0 Å². The van der Waals surface area contributed by atoms with E-state index < -0.39 is 6.04 Å². The smallest absolute Gasteiger partial charge is 0.224 e. The van der Waals surface area contributed by atoms with Gasteiger partial charge in [-0.2, -0.15) is 0 Å². The lowest BCUT2D eigenvalue weighted by molar-refractivity contribution is -0.130.